The van der Waals surface area contributed by atoms with Crippen LogP contribution in [0.3, 0.4) is 0 Å². The lowest BCUT2D eigenvalue weighted by molar-refractivity contribution is -0.144. The number of pyridine rings is 1. The number of esters is 1. The Morgan fingerprint density at radius 2 is 1.73 bits per heavy atom. The highest BCUT2D eigenvalue weighted by atomic mass is 16.6. The number of aromatic nitrogens is 1. The van der Waals surface area contributed by atoms with E-state index in [9.17, 15) is 9.59 Å². The van der Waals surface area contributed by atoms with Crippen molar-refractivity contribution in [2.45, 2.75) is 67.5 Å². The lowest BCUT2D eigenvalue weighted by Gasteiger charge is -2.24. The van der Waals surface area contributed by atoms with Gasteiger partial charge in [-0.05, 0) is 54.9 Å². The topological polar surface area (TPSA) is 109 Å². The molecule has 2 N–H and O–H groups in total. The zero-order valence-corrected chi connectivity index (χ0v) is 20.2. The standard InChI is InChI=1S/C26H32N2O5/c1-15-7-9-18(10-8-15)24-19(11-23(29)31-14-22-17(3)32-25(30)33-22)16(2)28-21(20(24)13-27)12-26(4,5)6/h7-10H,11-14,27H2,1-6H3. The largest absolute Gasteiger partial charge is 0.519 e. The predicted octanol–water partition coefficient (Wildman–Crippen LogP) is 4.55. The lowest BCUT2D eigenvalue weighted by atomic mass is 9.84. The third kappa shape index (κ3) is 5.99. The normalized spacial score (nSPS) is 11.6. The van der Waals surface area contributed by atoms with Crippen LogP contribution in [-0.2, 0) is 35.5 Å². The first-order chi connectivity index (χ1) is 15.5. The Labute approximate surface area is 194 Å². The van der Waals surface area contributed by atoms with Crippen molar-refractivity contribution in [3.63, 3.8) is 0 Å². The predicted molar refractivity (Wildman–Crippen MR) is 126 cm³/mol. The maximum atomic E-state index is 12.8. The molecule has 7 nitrogen and oxygen atoms in total. The molecule has 3 rings (SSSR count). The fourth-order valence-electron chi connectivity index (χ4n) is 3.85. The average molecular weight is 453 g/mol. The first-order valence-corrected chi connectivity index (χ1v) is 11.0. The fourth-order valence-corrected chi connectivity index (χ4v) is 3.85. The van der Waals surface area contributed by atoms with E-state index >= 15 is 0 Å². The van der Waals surface area contributed by atoms with Gasteiger partial charge in [0.25, 0.3) is 0 Å². The van der Waals surface area contributed by atoms with Crippen LogP contribution in [0.25, 0.3) is 11.1 Å². The number of nitrogens with zero attached hydrogens (tertiary/aromatic N) is 1. The highest BCUT2D eigenvalue weighted by Crippen LogP contribution is 2.34. The van der Waals surface area contributed by atoms with Crippen molar-refractivity contribution in [3.8, 4) is 11.1 Å². The van der Waals surface area contributed by atoms with E-state index in [1.165, 1.54) is 0 Å². The number of benzene rings is 1. The second-order valence-corrected chi connectivity index (χ2v) is 9.55. The summed E-state index contributed by atoms with van der Waals surface area (Å²) < 4.78 is 15.1. The van der Waals surface area contributed by atoms with Gasteiger partial charge in [0.05, 0.1) is 6.42 Å². The van der Waals surface area contributed by atoms with E-state index in [-0.39, 0.29) is 24.2 Å². The Morgan fingerprint density at radius 1 is 1.06 bits per heavy atom. The first kappa shape index (κ1) is 24.5. The number of carbonyl (C=O) groups is 1. The number of ether oxygens (including phenoxy) is 1. The molecule has 0 spiro atoms. The lowest BCUT2D eigenvalue weighted by Crippen LogP contribution is -2.19. The third-order valence-electron chi connectivity index (χ3n) is 5.45. The van der Waals surface area contributed by atoms with Gasteiger partial charge in [-0.3, -0.25) is 9.78 Å². The van der Waals surface area contributed by atoms with Gasteiger partial charge in [-0.15, -0.1) is 0 Å². The third-order valence-corrected chi connectivity index (χ3v) is 5.45. The molecule has 2 heterocycles. The van der Waals surface area contributed by atoms with E-state index in [0.717, 1.165) is 45.6 Å². The van der Waals surface area contributed by atoms with Crippen molar-refractivity contribution in [2.24, 2.45) is 11.1 Å². The highest BCUT2D eigenvalue weighted by Gasteiger charge is 2.24. The summed E-state index contributed by atoms with van der Waals surface area (Å²) in [5, 5.41) is 0. The molecule has 0 saturated heterocycles. The molecule has 0 fully saturated rings. The monoisotopic (exact) mass is 452 g/mol. The van der Waals surface area contributed by atoms with Gasteiger partial charge < -0.3 is 19.3 Å². The number of carbonyl (C=O) groups excluding carboxylic acids is 1. The molecular formula is C26H32N2O5. The van der Waals surface area contributed by atoms with E-state index in [1.807, 2.05) is 38.1 Å². The summed E-state index contributed by atoms with van der Waals surface area (Å²) in [6, 6.07) is 8.17. The molecule has 176 valence electrons. The molecule has 0 unspecified atom stereocenters. The highest BCUT2D eigenvalue weighted by molar-refractivity contribution is 5.80. The number of hydrogen-bond acceptors (Lipinski definition) is 7. The molecule has 33 heavy (non-hydrogen) atoms. The van der Waals surface area contributed by atoms with E-state index in [4.69, 9.17) is 24.3 Å². The summed E-state index contributed by atoms with van der Waals surface area (Å²) >= 11 is 0. The maximum Gasteiger partial charge on any atom is 0.519 e. The van der Waals surface area contributed by atoms with E-state index in [2.05, 4.69) is 20.8 Å². The minimum atomic E-state index is -0.817. The number of hydrogen-bond donors (Lipinski definition) is 1. The van der Waals surface area contributed by atoms with Gasteiger partial charge in [0.1, 0.15) is 0 Å². The fraction of sp³-hybridized carbons (Fsp3) is 0.423. The Hall–Kier alpha value is -3.19. The molecule has 0 saturated carbocycles. The summed E-state index contributed by atoms with van der Waals surface area (Å²) in [4.78, 5) is 28.9. The van der Waals surface area contributed by atoms with Gasteiger partial charge in [0.2, 0.25) is 0 Å². The van der Waals surface area contributed by atoms with Gasteiger partial charge in [0, 0.05) is 17.9 Å². The average Bonchev–Trinajstić information content (AvgIpc) is 3.04. The molecule has 7 heteroatoms. The van der Waals surface area contributed by atoms with Crippen LogP contribution in [0.5, 0.6) is 0 Å². The van der Waals surface area contributed by atoms with Crippen molar-refractivity contribution in [1.29, 1.82) is 0 Å². The molecule has 3 aromatic rings. The summed E-state index contributed by atoms with van der Waals surface area (Å²) in [6.07, 6.45) is 0.786. The van der Waals surface area contributed by atoms with Gasteiger partial charge in [-0.25, -0.2) is 4.79 Å². The van der Waals surface area contributed by atoms with Crippen LogP contribution >= 0.6 is 0 Å². The Kier molecular flexibility index (Phi) is 7.22. The smallest absolute Gasteiger partial charge is 0.457 e. The van der Waals surface area contributed by atoms with Gasteiger partial charge in [0.15, 0.2) is 18.1 Å². The zero-order valence-electron chi connectivity index (χ0n) is 20.2. The first-order valence-electron chi connectivity index (χ1n) is 11.0. The van der Waals surface area contributed by atoms with Crippen molar-refractivity contribution >= 4 is 5.97 Å². The number of aryl methyl sites for hydroxylation is 3. The van der Waals surface area contributed by atoms with Gasteiger partial charge >= 0.3 is 11.8 Å². The molecular weight excluding hydrogens is 420 g/mol. The number of rotatable bonds is 7. The molecule has 0 bridgehead atoms. The number of nitrogens with two attached hydrogens (primary N) is 1. The van der Waals surface area contributed by atoms with Crippen LogP contribution in [0, 0.1) is 26.2 Å². The molecule has 1 aromatic carbocycles. The Bertz CT molecular complexity index is 1200. The van der Waals surface area contributed by atoms with Crippen LogP contribution < -0.4 is 11.6 Å². The minimum absolute atomic E-state index is 0.0198. The SMILES string of the molecule is Cc1ccc(-c2c(CC(=O)OCc3oc(=O)oc3C)c(C)nc(CC(C)(C)C)c2CN)cc1. The van der Waals surface area contributed by atoms with Gasteiger partial charge in [-0.2, -0.15) is 0 Å². The second-order valence-electron chi connectivity index (χ2n) is 9.55. The molecule has 0 atom stereocenters. The summed E-state index contributed by atoms with van der Waals surface area (Å²) in [5.41, 5.74) is 12.8. The molecule has 0 aliphatic carbocycles. The van der Waals surface area contributed by atoms with Crippen LogP contribution in [0.1, 0.15) is 60.4 Å². The molecule has 0 radical (unpaired) electrons. The minimum Gasteiger partial charge on any atom is -0.457 e. The summed E-state index contributed by atoms with van der Waals surface area (Å²) in [6.45, 7) is 12.2. The van der Waals surface area contributed by atoms with Crippen LogP contribution in [0.2, 0.25) is 0 Å². The van der Waals surface area contributed by atoms with Crippen molar-refractivity contribution < 1.29 is 18.4 Å². The Morgan fingerprint density at radius 3 is 2.27 bits per heavy atom. The second kappa shape index (κ2) is 9.75. The molecule has 0 aliphatic rings. The zero-order chi connectivity index (χ0) is 24.3. The van der Waals surface area contributed by atoms with Crippen LogP contribution in [-0.4, -0.2) is 11.0 Å². The molecule has 2 aromatic heterocycles. The van der Waals surface area contributed by atoms with E-state index in [1.54, 1.807) is 6.92 Å². The van der Waals surface area contributed by atoms with E-state index in [0.29, 0.717) is 12.3 Å². The molecule has 0 amide bonds. The summed E-state index contributed by atoms with van der Waals surface area (Å²) in [7, 11) is 0. The van der Waals surface area contributed by atoms with Crippen molar-refractivity contribution in [3.05, 3.63) is 74.5 Å². The van der Waals surface area contributed by atoms with Gasteiger partial charge in [-0.1, -0.05) is 50.6 Å². The quantitative estimate of drug-likeness (QED) is 0.524. The van der Waals surface area contributed by atoms with Crippen molar-refractivity contribution in [2.75, 3.05) is 0 Å². The Balaban J connectivity index is 2.01. The van der Waals surface area contributed by atoms with Crippen LogP contribution in [0.4, 0.5) is 0 Å². The summed E-state index contributed by atoms with van der Waals surface area (Å²) in [5.74, 6) is -0.779. The van der Waals surface area contributed by atoms with Crippen LogP contribution in [0.15, 0.2) is 37.9 Å². The van der Waals surface area contributed by atoms with Crippen molar-refractivity contribution in [1.82, 2.24) is 4.98 Å². The maximum absolute atomic E-state index is 12.8. The van der Waals surface area contributed by atoms with E-state index < -0.39 is 11.8 Å². The molecule has 0 aliphatic heterocycles.